The number of piperidine rings is 1. The number of likely N-dealkylation sites (tertiary alicyclic amines) is 1. The Morgan fingerprint density at radius 1 is 1.23 bits per heavy atom. The van der Waals surface area contributed by atoms with Crippen molar-refractivity contribution in [1.29, 1.82) is 0 Å². The Bertz CT molecular complexity index is 1110. The smallest absolute Gasteiger partial charge is 0.255 e. The molecule has 30 heavy (non-hydrogen) atoms. The van der Waals surface area contributed by atoms with Crippen LogP contribution in [0.5, 0.6) is 0 Å². The number of carbonyl (C=O) groups excluding carboxylic acids is 2. The van der Waals surface area contributed by atoms with Crippen molar-refractivity contribution in [3.05, 3.63) is 58.3 Å². The van der Waals surface area contributed by atoms with Gasteiger partial charge in [-0.15, -0.1) is 11.3 Å². The molecular formula is C22H23ClN4O2S. The molecule has 3 aromatic rings. The monoisotopic (exact) mass is 442 g/mol. The van der Waals surface area contributed by atoms with Crippen LogP contribution >= 0.6 is 22.9 Å². The fourth-order valence-corrected chi connectivity index (χ4v) is 5.04. The first-order valence-electron chi connectivity index (χ1n) is 9.90. The van der Waals surface area contributed by atoms with E-state index in [1.807, 2.05) is 26.9 Å². The summed E-state index contributed by atoms with van der Waals surface area (Å²) in [6, 6.07) is 7.13. The summed E-state index contributed by atoms with van der Waals surface area (Å²) in [4.78, 5) is 32.6. The van der Waals surface area contributed by atoms with E-state index in [4.69, 9.17) is 11.6 Å². The number of nitrogens with one attached hydrogen (secondary N) is 1. The zero-order chi connectivity index (χ0) is 21.3. The Hall–Kier alpha value is -2.64. The van der Waals surface area contributed by atoms with E-state index in [9.17, 15) is 9.59 Å². The molecular weight excluding hydrogens is 420 g/mol. The molecule has 3 heterocycles. The lowest BCUT2D eigenvalue weighted by molar-refractivity contribution is -0.111. The van der Waals surface area contributed by atoms with Gasteiger partial charge in [-0.05, 0) is 36.5 Å². The van der Waals surface area contributed by atoms with E-state index in [1.54, 1.807) is 24.3 Å². The number of amides is 2. The number of anilines is 1. The molecule has 0 aliphatic carbocycles. The first-order valence-corrected chi connectivity index (χ1v) is 11.2. The van der Waals surface area contributed by atoms with E-state index in [1.165, 1.54) is 17.4 Å². The Morgan fingerprint density at radius 2 is 1.97 bits per heavy atom. The summed E-state index contributed by atoms with van der Waals surface area (Å²) in [6.07, 6.45) is 6.01. The molecule has 2 unspecified atom stereocenters. The van der Waals surface area contributed by atoms with Crippen molar-refractivity contribution in [2.75, 3.05) is 18.4 Å². The van der Waals surface area contributed by atoms with Crippen LogP contribution in [-0.2, 0) is 4.79 Å². The molecule has 4 rings (SSSR count). The summed E-state index contributed by atoms with van der Waals surface area (Å²) in [5.41, 5.74) is 1.65. The summed E-state index contributed by atoms with van der Waals surface area (Å²) in [6.45, 7) is 5.81. The second-order valence-corrected chi connectivity index (χ2v) is 9.10. The summed E-state index contributed by atoms with van der Waals surface area (Å²) in [7, 11) is 0. The molecule has 0 saturated carbocycles. The standard InChI is InChI=1S/C22H23ClN4O2S/c1-14-11-15(2)13-26(12-14)21(29)16-5-3-4-6-17(16)24-19(28)8-7-18-20(23)25-22-27(18)9-10-30-22/h3-10,14-15H,11-13H2,1-2H3,(H,24,28)/b8-7+. The predicted octanol–water partition coefficient (Wildman–Crippen LogP) is 4.82. The van der Waals surface area contributed by atoms with Crippen LogP contribution < -0.4 is 5.32 Å². The van der Waals surface area contributed by atoms with Crippen LogP contribution in [0.1, 0.15) is 36.3 Å². The quantitative estimate of drug-likeness (QED) is 0.589. The topological polar surface area (TPSA) is 66.7 Å². The molecule has 6 nitrogen and oxygen atoms in total. The first kappa shape index (κ1) is 20.6. The number of halogens is 1. The van der Waals surface area contributed by atoms with Gasteiger partial charge >= 0.3 is 0 Å². The number of hydrogen-bond donors (Lipinski definition) is 1. The first-order chi connectivity index (χ1) is 14.4. The zero-order valence-electron chi connectivity index (χ0n) is 16.8. The maximum absolute atomic E-state index is 13.1. The molecule has 0 spiro atoms. The second-order valence-electron chi connectivity index (χ2n) is 7.87. The van der Waals surface area contributed by atoms with Crippen molar-refractivity contribution < 1.29 is 9.59 Å². The molecule has 0 radical (unpaired) electrons. The Morgan fingerprint density at radius 3 is 2.73 bits per heavy atom. The molecule has 0 bridgehead atoms. The van der Waals surface area contributed by atoms with Crippen molar-refractivity contribution in [2.24, 2.45) is 11.8 Å². The highest BCUT2D eigenvalue weighted by molar-refractivity contribution is 7.15. The van der Waals surface area contributed by atoms with Gasteiger partial charge < -0.3 is 10.2 Å². The lowest BCUT2D eigenvalue weighted by Crippen LogP contribution is -2.42. The third kappa shape index (κ3) is 4.27. The molecule has 1 aliphatic rings. The van der Waals surface area contributed by atoms with Crippen molar-refractivity contribution in [3.63, 3.8) is 0 Å². The third-order valence-electron chi connectivity index (χ3n) is 5.22. The number of benzene rings is 1. The van der Waals surface area contributed by atoms with Crippen molar-refractivity contribution in [2.45, 2.75) is 20.3 Å². The number of carbonyl (C=O) groups is 2. The van der Waals surface area contributed by atoms with Gasteiger partial charge in [0.1, 0.15) is 0 Å². The van der Waals surface area contributed by atoms with Gasteiger partial charge in [0.15, 0.2) is 10.1 Å². The van der Waals surface area contributed by atoms with E-state index in [0.29, 0.717) is 33.9 Å². The molecule has 8 heteroatoms. The second kappa shape index (κ2) is 8.62. The molecule has 156 valence electrons. The van der Waals surface area contributed by atoms with Gasteiger partial charge in [0.05, 0.1) is 16.9 Å². The van der Waals surface area contributed by atoms with Crippen LogP contribution in [-0.4, -0.2) is 39.2 Å². The average molecular weight is 443 g/mol. The highest BCUT2D eigenvalue weighted by atomic mass is 35.5. The summed E-state index contributed by atoms with van der Waals surface area (Å²) < 4.78 is 1.83. The minimum atomic E-state index is -0.336. The number of nitrogens with zero attached hydrogens (tertiary/aromatic N) is 3. The average Bonchev–Trinajstić information content (AvgIpc) is 3.26. The van der Waals surface area contributed by atoms with Crippen molar-refractivity contribution in [3.8, 4) is 0 Å². The van der Waals surface area contributed by atoms with E-state index in [-0.39, 0.29) is 11.8 Å². The molecule has 2 aromatic heterocycles. The van der Waals surface area contributed by atoms with Crippen LogP contribution in [0.2, 0.25) is 5.15 Å². The number of thiazole rings is 1. The van der Waals surface area contributed by atoms with Crippen LogP contribution in [0, 0.1) is 11.8 Å². The van der Waals surface area contributed by atoms with Crippen LogP contribution in [0.4, 0.5) is 5.69 Å². The van der Waals surface area contributed by atoms with Gasteiger partial charge in [-0.3, -0.25) is 14.0 Å². The molecule has 1 aromatic carbocycles. The van der Waals surface area contributed by atoms with Crippen molar-refractivity contribution in [1.82, 2.24) is 14.3 Å². The molecule has 1 N–H and O–H groups in total. The maximum atomic E-state index is 13.1. The number of rotatable bonds is 4. The number of aromatic nitrogens is 2. The Labute approximate surface area is 184 Å². The SMILES string of the molecule is CC1CC(C)CN(C(=O)c2ccccc2NC(=O)/C=C/c2c(Cl)nc3sccn23)C1. The van der Waals surface area contributed by atoms with Gasteiger partial charge in [0.25, 0.3) is 5.91 Å². The largest absolute Gasteiger partial charge is 0.338 e. The van der Waals surface area contributed by atoms with E-state index >= 15 is 0 Å². The van der Waals surface area contributed by atoms with Crippen molar-refractivity contribution >= 4 is 51.5 Å². The fourth-order valence-electron chi connectivity index (χ4n) is 4.03. The summed E-state index contributed by atoms with van der Waals surface area (Å²) in [5.74, 6) is 0.553. The number of fused-ring (bicyclic) bond motifs is 1. The lowest BCUT2D eigenvalue weighted by Gasteiger charge is -2.35. The predicted molar refractivity (Wildman–Crippen MR) is 121 cm³/mol. The minimum absolute atomic E-state index is 0.0490. The molecule has 1 saturated heterocycles. The molecule has 1 aliphatic heterocycles. The lowest BCUT2D eigenvalue weighted by atomic mass is 9.91. The number of imidazole rings is 1. The van der Waals surface area contributed by atoms with Gasteiger partial charge in [-0.25, -0.2) is 4.98 Å². The van der Waals surface area contributed by atoms with Crippen LogP contribution in [0.15, 0.2) is 41.9 Å². The normalized spacial score (nSPS) is 19.5. The Balaban J connectivity index is 1.51. The molecule has 2 amide bonds. The molecule has 2 atom stereocenters. The van der Waals surface area contributed by atoms with Gasteiger partial charge in [0, 0.05) is 30.7 Å². The third-order valence-corrected chi connectivity index (χ3v) is 6.25. The number of hydrogen-bond acceptors (Lipinski definition) is 4. The van der Waals surface area contributed by atoms with Gasteiger partial charge in [0.2, 0.25) is 5.91 Å². The van der Waals surface area contributed by atoms with E-state index < -0.39 is 0 Å². The van der Waals surface area contributed by atoms with E-state index in [2.05, 4.69) is 24.1 Å². The van der Waals surface area contributed by atoms with Crippen LogP contribution in [0.25, 0.3) is 11.0 Å². The summed E-state index contributed by atoms with van der Waals surface area (Å²) in [5, 5.41) is 5.08. The minimum Gasteiger partial charge on any atom is -0.338 e. The highest BCUT2D eigenvalue weighted by Crippen LogP contribution is 2.25. The summed E-state index contributed by atoms with van der Waals surface area (Å²) >= 11 is 7.64. The highest BCUT2D eigenvalue weighted by Gasteiger charge is 2.27. The van der Waals surface area contributed by atoms with Gasteiger partial charge in [-0.1, -0.05) is 37.6 Å². The van der Waals surface area contributed by atoms with Crippen LogP contribution in [0.3, 0.4) is 0 Å². The number of para-hydroxylation sites is 1. The Kier molecular flexibility index (Phi) is 5.92. The zero-order valence-corrected chi connectivity index (χ0v) is 18.4. The molecule has 1 fully saturated rings. The fraction of sp³-hybridized carbons (Fsp3) is 0.318. The van der Waals surface area contributed by atoms with Gasteiger partial charge in [-0.2, -0.15) is 0 Å². The maximum Gasteiger partial charge on any atom is 0.255 e. The van der Waals surface area contributed by atoms with E-state index in [0.717, 1.165) is 24.5 Å².